The second-order valence-corrected chi connectivity index (χ2v) is 5.08. The van der Waals surface area contributed by atoms with E-state index in [1.54, 1.807) is 12.1 Å². The summed E-state index contributed by atoms with van der Waals surface area (Å²) in [5, 5.41) is 8.70. The van der Waals surface area contributed by atoms with Gasteiger partial charge in [0.1, 0.15) is 5.82 Å². The van der Waals surface area contributed by atoms with Crippen LogP contribution in [-0.2, 0) is 6.54 Å². The molecule has 1 aliphatic rings. The molecule has 2 unspecified atom stereocenters. The van der Waals surface area contributed by atoms with Crippen LogP contribution >= 0.6 is 0 Å². The SMILES string of the molecule is CC1CN(Cc2ccc(C#N)cc2F)CCC1N. The zero-order chi connectivity index (χ0) is 13.1. The summed E-state index contributed by atoms with van der Waals surface area (Å²) in [6, 6.07) is 6.86. The summed E-state index contributed by atoms with van der Waals surface area (Å²) in [5.74, 6) is 0.150. The molecule has 1 aromatic rings. The highest BCUT2D eigenvalue weighted by Gasteiger charge is 2.23. The summed E-state index contributed by atoms with van der Waals surface area (Å²) in [7, 11) is 0. The molecule has 18 heavy (non-hydrogen) atoms. The molecule has 2 N–H and O–H groups in total. The van der Waals surface area contributed by atoms with Gasteiger partial charge in [-0.25, -0.2) is 4.39 Å². The predicted molar refractivity (Wildman–Crippen MR) is 68.1 cm³/mol. The predicted octanol–water partition coefficient (Wildman–Crippen LogP) is 1.87. The first-order chi connectivity index (χ1) is 8.60. The zero-order valence-corrected chi connectivity index (χ0v) is 10.6. The minimum Gasteiger partial charge on any atom is -0.327 e. The van der Waals surface area contributed by atoms with Gasteiger partial charge in [-0.05, 0) is 31.0 Å². The van der Waals surface area contributed by atoms with Crippen LogP contribution < -0.4 is 5.73 Å². The van der Waals surface area contributed by atoms with Crippen molar-refractivity contribution in [1.82, 2.24) is 4.90 Å². The second kappa shape index (κ2) is 5.47. The number of nitrogens with zero attached hydrogens (tertiary/aromatic N) is 2. The summed E-state index contributed by atoms with van der Waals surface area (Å²) in [4.78, 5) is 2.22. The highest BCUT2D eigenvalue weighted by molar-refractivity contribution is 5.32. The molecule has 0 radical (unpaired) electrons. The van der Waals surface area contributed by atoms with E-state index < -0.39 is 0 Å². The minimum atomic E-state index is -0.295. The molecule has 2 atom stereocenters. The van der Waals surface area contributed by atoms with Crippen LogP contribution in [0.25, 0.3) is 0 Å². The number of piperidine rings is 1. The molecule has 0 bridgehead atoms. The van der Waals surface area contributed by atoms with Crippen molar-refractivity contribution in [3.05, 3.63) is 35.1 Å². The van der Waals surface area contributed by atoms with Gasteiger partial charge in [0.25, 0.3) is 0 Å². The highest BCUT2D eigenvalue weighted by Crippen LogP contribution is 2.19. The van der Waals surface area contributed by atoms with E-state index in [2.05, 4.69) is 11.8 Å². The molecule has 2 rings (SSSR count). The van der Waals surface area contributed by atoms with Gasteiger partial charge in [-0.1, -0.05) is 13.0 Å². The third kappa shape index (κ3) is 2.87. The van der Waals surface area contributed by atoms with Crippen molar-refractivity contribution < 1.29 is 4.39 Å². The lowest BCUT2D eigenvalue weighted by atomic mass is 9.94. The Morgan fingerprint density at radius 3 is 2.94 bits per heavy atom. The molecule has 0 spiro atoms. The lowest BCUT2D eigenvalue weighted by Crippen LogP contribution is -2.45. The normalized spacial score (nSPS) is 24.8. The average molecular weight is 247 g/mol. The second-order valence-electron chi connectivity index (χ2n) is 5.08. The monoisotopic (exact) mass is 247 g/mol. The Balaban J connectivity index is 2.04. The third-order valence-electron chi connectivity index (χ3n) is 3.63. The molecular formula is C14H18FN3. The molecule has 0 amide bonds. The molecular weight excluding hydrogens is 229 g/mol. The van der Waals surface area contributed by atoms with Crippen LogP contribution in [-0.4, -0.2) is 24.0 Å². The molecule has 0 saturated carbocycles. The van der Waals surface area contributed by atoms with Crippen molar-refractivity contribution in [2.24, 2.45) is 11.7 Å². The minimum absolute atomic E-state index is 0.257. The van der Waals surface area contributed by atoms with Crippen LogP contribution in [0.15, 0.2) is 18.2 Å². The average Bonchev–Trinajstić information content (AvgIpc) is 2.36. The Hall–Kier alpha value is -1.44. The fourth-order valence-electron chi connectivity index (χ4n) is 2.38. The van der Waals surface area contributed by atoms with E-state index in [1.807, 2.05) is 6.07 Å². The smallest absolute Gasteiger partial charge is 0.129 e. The van der Waals surface area contributed by atoms with Gasteiger partial charge in [0.15, 0.2) is 0 Å². The number of nitrogens with two attached hydrogens (primary N) is 1. The summed E-state index contributed by atoms with van der Waals surface area (Å²) in [6.07, 6.45) is 0.957. The Labute approximate surface area is 107 Å². The van der Waals surface area contributed by atoms with E-state index in [0.717, 1.165) is 19.5 Å². The summed E-state index contributed by atoms with van der Waals surface area (Å²) in [5.41, 5.74) is 6.98. The number of hydrogen-bond acceptors (Lipinski definition) is 3. The van der Waals surface area contributed by atoms with E-state index in [0.29, 0.717) is 23.6 Å². The maximum absolute atomic E-state index is 13.8. The van der Waals surface area contributed by atoms with Gasteiger partial charge in [0.05, 0.1) is 11.6 Å². The zero-order valence-electron chi connectivity index (χ0n) is 10.6. The van der Waals surface area contributed by atoms with Crippen molar-refractivity contribution >= 4 is 0 Å². The Bertz CT molecular complexity index is 467. The quantitative estimate of drug-likeness (QED) is 0.868. The van der Waals surface area contributed by atoms with Gasteiger partial charge >= 0.3 is 0 Å². The van der Waals surface area contributed by atoms with Crippen LogP contribution in [0.1, 0.15) is 24.5 Å². The number of nitriles is 1. The Morgan fingerprint density at radius 1 is 1.56 bits per heavy atom. The molecule has 3 nitrogen and oxygen atoms in total. The molecule has 1 aliphatic heterocycles. The summed E-state index contributed by atoms with van der Waals surface area (Å²) in [6.45, 7) is 4.53. The van der Waals surface area contributed by atoms with E-state index in [1.165, 1.54) is 6.07 Å². The third-order valence-corrected chi connectivity index (χ3v) is 3.63. The summed E-state index contributed by atoms with van der Waals surface area (Å²) >= 11 is 0. The van der Waals surface area contributed by atoms with Crippen molar-refractivity contribution in [2.75, 3.05) is 13.1 Å². The fourth-order valence-corrected chi connectivity index (χ4v) is 2.38. The van der Waals surface area contributed by atoms with E-state index >= 15 is 0 Å². The molecule has 1 heterocycles. The lowest BCUT2D eigenvalue weighted by molar-refractivity contribution is 0.156. The van der Waals surface area contributed by atoms with Gasteiger partial charge < -0.3 is 5.73 Å². The van der Waals surface area contributed by atoms with Gasteiger partial charge in [-0.2, -0.15) is 5.26 Å². The first kappa shape index (κ1) is 13.0. The van der Waals surface area contributed by atoms with Gasteiger partial charge in [0.2, 0.25) is 0 Å². The van der Waals surface area contributed by atoms with E-state index in [9.17, 15) is 4.39 Å². The van der Waals surface area contributed by atoms with Gasteiger partial charge in [-0.3, -0.25) is 4.90 Å². The molecule has 1 fully saturated rings. The van der Waals surface area contributed by atoms with Crippen LogP contribution in [0.5, 0.6) is 0 Å². The van der Waals surface area contributed by atoms with Crippen molar-refractivity contribution in [3.63, 3.8) is 0 Å². The molecule has 1 saturated heterocycles. The van der Waals surface area contributed by atoms with Crippen LogP contribution in [0.2, 0.25) is 0 Å². The Kier molecular flexibility index (Phi) is 3.95. The lowest BCUT2D eigenvalue weighted by Gasteiger charge is -2.35. The first-order valence-electron chi connectivity index (χ1n) is 6.26. The number of likely N-dealkylation sites (tertiary alicyclic amines) is 1. The number of halogens is 1. The van der Waals surface area contributed by atoms with E-state index in [4.69, 9.17) is 11.0 Å². The topological polar surface area (TPSA) is 53.0 Å². The summed E-state index contributed by atoms with van der Waals surface area (Å²) < 4.78 is 13.8. The standard InChI is InChI=1S/C14H18FN3/c1-10-8-18(5-4-14(10)17)9-12-3-2-11(7-16)6-13(12)15/h2-3,6,10,14H,4-5,8-9,17H2,1H3. The van der Waals surface area contributed by atoms with Gasteiger partial charge in [-0.15, -0.1) is 0 Å². The number of rotatable bonds is 2. The van der Waals surface area contributed by atoms with Crippen molar-refractivity contribution in [2.45, 2.75) is 25.9 Å². The van der Waals surface area contributed by atoms with Crippen LogP contribution in [0.3, 0.4) is 0 Å². The number of benzene rings is 1. The van der Waals surface area contributed by atoms with Crippen molar-refractivity contribution in [3.8, 4) is 6.07 Å². The maximum Gasteiger partial charge on any atom is 0.129 e. The van der Waals surface area contributed by atoms with E-state index in [-0.39, 0.29) is 11.9 Å². The maximum atomic E-state index is 13.8. The van der Waals surface area contributed by atoms with Gasteiger partial charge in [0, 0.05) is 24.7 Å². The molecule has 4 heteroatoms. The van der Waals surface area contributed by atoms with Crippen molar-refractivity contribution in [1.29, 1.82) is 5.26 Å². The Morgan fingerprint density at radius 2 is 2.33 bits per heavy atom. The molecule has 0 aliphatic carbocycles. The van der Waals surface area contributed by atoms with Crippen LogP contribution in [0.4, 0.5) is 4.39 Å². The number of hydrogen-bond donors (Lipinski definition) is 1. The first-order valence-corrected chi connectivity index (χ1v) is 6.26. The largest absolute Gasteiger partial charge is 0.327 e. The fraction of sp³-hybridized carbons (Fsp3) is 0.500. The highest BCUT2D eigenvalue weighted by atomic mass is 19.1. The van der Waals surface area contributed by atoms with Crippen LogP contribution in [0, 0.1) is 23.1 Å². The molecule has 1 aromatic carbocycles. The molecule has 96 valence electrons. The molecule has 0 aromatic heterocycles.